The molecule has 1 aliphatic carbocycles. The molecule has 7 nitrogen and oxygen atoms in total. The molecule has 4 aromatic rings. The molecule has 1 N–H and O–H groups in total. The second-order valence-corrected chi connectivity index (χ2v) is 13.1. The number of amides is 1. The molecule has 3 aliphatic rings. The lowest BCUT2D eigenvalue weighted by molar-refractivity contribution is -0.137. The lowest BCUT2D eigenvalue weighted by Crippen LogP contribution is -2.48. The number of benzene rings is 3. The number of halogens is 3. The number of carbonyl (C=O) groups is 1. The number of nitrogens with zero attached hydrogens (tertiary/aromatic N) is 3. The van der Waals surface area contributed by atoms with Gasteiger partial charge in [-0.3, -0.25) is 14.6 Å². The fraction of sp³-hybridized carbons (Fsp3) is 0.421. The topological polar surface area (TPSA) is 66.9 Å². The fourth-order valence-electron chi connectivity index (χ4n) is 7.29. The van der Waals surface area contributed by atoms with Gasteiger partial charge in [-0.2, -0.15) is 13.2 Å². The molecule has 10 heteroatoms. The highest BCUT2D eigenvalue weighted by Gasteiger charge is 2.46. The van der Waals surface area contributed by atoms with E-state index in [1.165, 1.54) is 6.07 Å². The first-order chi connectivity index (χ1) is 23.2. The van der Waals surface area contributed by atoms with Crippen LogP contribution in [0.3, 0.4) is 0 Å². The monoisotopic (exact) mass is 658 g/mol. The van der Waals surface area contributed by atoms with Crippen molar-refractivity contribution in [1.82, 2.24) is 20.1 Å². The molecule has 0 spiro atoms. The van der Waals surface area contributed by atoms with Crippen molar-refractivity contribution in [2.24, 2.45) is 0 Å². The van der Waals surface area contributed by atoms with Gasteiger partial charge >= 0.3 is 6.18 Å². The zero-order valence-corrected chi connectivity index (χ0v) is 27.2. The van der Waals surface area contributed by atoms with E-state index in [9.17, 15) is 18.0 Å². The van der Waals surface area contributed by atoms with Crippen molar-refractivity contribution in [1.29, 1.82) is 0 Å². The van der Waals surface area contributed by atoms with Crippen LogP contribution in [0.25, 0.3) is 22.2 Å². The number of likely N-dealkylation sites (tertiary alicyclic amines) is 1. The number of morpholine rings is 1. The molecule has 1 saturated carbocycles. The Hall–Kier alpha value is -3.99. The highest BCUT2D eigenvalue weighted by Crippen LogP contribution is 2.46. The smallest absolute Gasteiger partial charge is 0.416 e. The van der Waals surface area contributed by atoms with E-state index in [0.29, 0.717) is 58.2 Å². The summed E-state index contributed by atoms with van der Waals surface area (Å²) in [5.74, 6) is 0.332. The Bertz CT molecular complexity index is 1760. The van der Waals surface area contributed by atoms with Gasteiger partial charge in [0.15, 0.2) is 0 Å². The number of carbonyl (C=O) groups excluding carboxylic acids is 1. The third kappa shape index (κ3) is 6.79. The summed E-state index contributed by atoms with van der Waals surface area (Å²) in [6.07, 6.45) is -0.965. The maximum atomic E-state index is 14.6. The van der Waals surface area contributed by atoms with Gasteiger partial charge in [-0.05, 0) is 75.5 Å². The molecule has 2 aliphatic heterocycles. The standard InChI is InChI=1S/C38H41F3N4O3/c1-2-48-30-11-12-31-33(24-30)42-35(26-7-6-10-28(23-26)38(39,40)41)32(25-44-17-13-29(14-18-44)45-19-21-47-22-20-45)34(31)36(46)43-37(15-16-37)27-8-4-3-5-9-27/h3-12,23-24,29H,2,13-22,25H2,1H3,(H,43,46). The number of alkyl halides is 3. The van der Waals surface area contributed by atoms with Crippen LogP contribution in [0.5, 0.6) is 5.75 Å². The molecule has 3 aromatic carbocycles. The first-order valence-electron chi connectivity index (χ1n) is 16.9. The van der Waals surface area contributed by atoms with Crippen molar-refractivity contribution in [3.05, 3.63) is 95.1 Å². The maximum Gasteiger partial charge on any atom is 0.416 e. The zero-order valence-electron chi connectivity index (χ0n) is 27.2. The van der Waals surface area contributed by atoms with Crippen LogP contribution in [-0.4, -0.2) is 72.7 Å². The minimum Gasteiger partial charge on any atom is -0.494 e. The average molecular weight is 659 g/mol. The lowest BCUT2D eigenvalue weighted by Gasteiger charge is -2.40. The summed E-state index contributed by atoms with van der Waals surface area (Å²) < 4.78 is 53.3. The van der Waals surface area contributed by atoms with Crippen LogP contribution < -0.4 is 10.1 Å². The Morgan fingerprint density at radius 1 is 0.979 bits per heavy atom. The number of rotatable bonds is 9. The van der Waals surface area contributed by atoms with E-state index in [-0.39, 0.29) is 5.91 Å². The Balaban J connectivity index is 1.33. The summed E-state index contributed by atoms with van der Waals surface area (Å²) in [7, 11) is 0. The Morgan fingerprint density at radius 3 is 2.42 bits per heavy atom. The minimum atomic E-state index is -4.52. The number of hydrogen-bond acceptors (Lipinski definition) is 6. The normalized spacial score (nSPS) is 18.9. The minimum absolute atomic E-state index is 0.251. The number of aromatic nitrogens is 1. The van der Waals surface area contributed by atoms with E-state index >= 15 is 0 Å². The largest absolute Gasteiger partial charge is 0.494 e. The van der Waals surface area contributed by atoms with E-state index < -0.39 is 17.3 Å². The zero-order chi connectivity index (χ0) is 33.3. The Labute approximate surface area is 279 Å². The molecule has 1 amide bonds. The van der Waals surface area contributed by atoms with E-state index in [1.807, 2.05) is 49.4 Å². The van der Waals surface area contributed by atoms with Gasteiger partial charge in [0.2, 0.25) is 0 Å². The van der Waals surface area contributed by atoms with Gasteiger partial charge in [0.05, 0.1) is 47.7 Å². The van der Waals surface area contributed by atoms with E-state index in [1.54, 1.807) is 12.1 Å². The predicted octanol–water partition coefficient (Wildman–Crippen LogP) is 7.04. The van der Waals surface area contributed by atoms with Crippen molar-refractivity contribution in [2.45, 2.75) is 56.9 Å². The first-order valence-corrected chi connectivity index (χ1v) is 16.9. The summed E-state index contributed by atoms with van der Waals surface area (Å²) in [5.41, 5.74) is 2.10. The van der Waals surface area contributed by atoms with Crippen molar-refractivity contribution >= 4 is 16.8 Å². The summed E-state index contributed by atoms with van der Waals surface area (Å²) in [6, 6.07) is 21.1. The summed E-state index contributed by atoms with van der Waals surface area (Å²) in [4.78, 5) is 24.5. The van der Waals surface area contributed by atoms with Crippen LogP contribution >= 0.6 is 0 Å². The van der Waals surface area contributed by atoms with Crippen LogP contribution in [0.4, 0.5) is 13.2 Å². The SMILES string of the molecule is CCOc1ccc2c(C(=O)NC3(c4ccccc4)CC3)c(CN3CCC(N4CCOCC4)CC3)c(-c3cccc(C(F)(F)F)c3)nc2c1. The van der Waals surface area contributed by atoms with Crippen LogP contribution in [0.1, 0.15) is 59.7 Å². The Morgan fingerprint density at radius 2 is 1.73 bits per heavy atom. The quantitative estimate of drug-likeness (QED) is 0.208. The molecule has 48 heavy (non-hydrogen) atoms. The predicted molar refractivity (Wildman–Crippen MR) is 179 cm³/mol. The molecule has 7 rings (SSSR count). The highest BCUT2D eigenvalue weighted by atomic mass is 19.4. The van der Waals surface area contributed by atoms with Crippen LogP contribution in [-0.2, 0) is 23.0 Å². The molecule has 1 aromatic heterocycles. The fourth-order valence-corrected chi connectivity index (χ4v) is 7.29. The second-order valence-electron chi connectivity index (χ2n) is 13.1. The molecular weight excluding hydrogens is 617 g/mol. The maximum absolute atomic E-state index is 14.6. The molecule has 0 unspecified atom stereocenters. The number of ether oxygens (including phenoxy) is 2. The molecule has 252 valence electrons. The second kappa shape index (κ2) is 13.5. The number of nitrogens with one attached hydrogen (secondary N) is 1. The average Bonchev–Trinajstić information content (AvgIpc) is 3.89. The van der Waals surface area contributed by atoms with Crippen LogP contribution in [0.2, 0.25) is 0 Å². The molecule has 0 radical (unpaired) electrons. The molecule has 0 bridgehead atoms. The van der Waals surface area contributed by atoms with Gasteiger partial charge in [-0.25, -0.2) is 4.98 Å². The lowest BCUT2D eigenvalue weighted by atomic mass is 9.93. The molecule has 2 saturated heterocycles. The van der Waals surface area contributed by atoms with Crippen molar-refractivity contribution in [3.63, 3.8) is 0 Å². The van der Waals surface area contributed by atoms with Gasteiger partial charge in [-0.15, -0.1) is 0 Å². The number of pyridine rings is 1. The third-order valence-corrected chi connectivity index (χ3v) is 9.99. The van der Waals surface area contributed by atoms with Gasteiger partial charge in [0.1, 0.15) is 5.75 Å². The molecule has 0 atom stereocenters. The molecule has 3 heterocycles. The third-order valence-electron chi connectivity index (χ3n) is 9.99. The number of piperidine rings is 1. The van der Waals surface area contributed by atoms with E-state index in [0.717, 1.165) is 82.8 Å². The van der Waals surface area contributed by atoms with E-state index in [2.05, 4.69) is 15.1 Å². The summed E-state index contributed by atoms with van der Waals surface area (Å²) >= 11 is 0. The van der Waals surface area contributed by atoms with Gasteiger partial charge in [0, 0.05) is 48.3 Å². The highest BCUT2D eigenvalue weighted by molar-refractivity contribution is 6.09. The van der Waals surface area contributed by atoms with Gasteiger partial charge in [0.25, 0.3) is 5.91 Å². The summed E-state index contributed by atoms with van der Waals surface area (Å²) in [5, 5.41) is 4.01. The van der Waals surface area contributed by atoms with Crippen molar-refractivity contribution < 1.29 is 27.4 Å². The van der Waals surface area contributed by atoms with Crippen LogP contribution in [0.15, 0.2) is 72.8 Å². The molecular formula is C38H41F3N4O3. The van der Waals surface area contributed by atoms with Gasteiger partial charge < -0.3 is 14.8 Å². The first kappa shape index (κ1) is 32.6. The Kier molecular flexibility index (Phi) is 9.15. The van der Waals surface area contributed by atoms with Gasteiger partial charge in [-0.1, -0.05) is 42.5 Å². The molecule has 3 fully saturated rings. The van der Waals surface area contributed by atoms with E-state index in [4.69, 9.17) is 14.5 Å². The van der Waals surface area contributed by atoms with Crippen molar-refractivity contribution in [2.75, 3.05) is 46.0 Å². The number of fused-ring (bicyclic) bond motifs is 1. The summed E-state index contributed by atoms with van der Waals surface area (Å²) in [6.45, 7) is 7.67. The van der Waals surface area contributed by atoms with Crippen molar-refractivity contribution in [3.8, 4) is 17.0 Å². The number of hydrogen-bond donors (Lipinski definition) is 1. The van der Waals surface area contributed by atoms with Crippen LogP contribution in [0, 0.1) is 0 Å².